The number of aromatic nitrogens is 2. The zero-order valence-electron chi connectivity index (χ0n) is 16.1. The number of fused-ring (bicyclic) bond motifs is 1. The molecule has 7 nitrogen and oxygen atoms in total. The van der Waals surface area contributed by atoms with E-state index in [-0.39, 0.29) is 23.7 Å². The van der Waals surface area contributed by atoms with Crippen molar-refractivity contribution in [3.05, 3.63) is 53.1 Å². The highest BCUT2D eigenvalue weighted by Crippen LogP contribution is 2.21. The summed E-state index contributed by atoms with van der Waals surface area (Å²) in [7, 11) is 0. The Morgan fingerprint density at radius 2 is 1.96 bits per heavy atom. The minimum Gasteiger partial charge on any atom is -0.466 e. The summed E-state index contributed by atoms with van der Waals surface area (Å²) >= 11 is 0. The topological polar surface area (TPSA) is 89.2 Å². The van der Waals surface area contributed by atoms with Gasteiger partial charge in [-0.2, -0.15) is 9.78 Å². The fourth-order valence-electron chi connectivity index (χ4n) is 3.81. The predicted octanol–water partition coefficient (Wildman–Crippen LogP) is 3.68. The normalized spacial score (nSPS) is 14.5. The van der Waals surface area contributed by atoms with Crippen LogP contribution >= 0.6 is 0 Å². The first-order chi connectivity index (χ1) is 13.5. The first kappa shape index (κ1) is 18.3. The van der Waals surface area contributed by atoms with Crippen LogP contribution in [0.5, 0.6) is 0 Å². The lowest BCUT2D eigenvalue weighted by Gasteiger charge is -2.11. The molecular formula is C21H24N4O3. The van der Waals surface area contributed by atoms with Crippen LogP contribution in [0.25, 0.3) is 10.9 Å². The number of aryl methyl sites for hydroxylation is 2. The van der Waals surface area contributed by atoms with Crippen molar-refractivity contribution < 1.29 is 14.0 Å². The van der Waals surface area contributed by atoms with Crippen molar-refractivity contribution >= 4 is 22.8 Å². The fraction of sp³-hybridized carbons (Fsp3) is 0.381. The van der Waals surface area contributed by atoms with E-state index in [0.29, 0.717) is 17.4 Å². The molecule has 2 amide bonds. The number of rotatable bonds is 4. The van der Waals surface area contributed by atoms with Crippen LogP contribution in [0.2, 0.25) is 0 Å². The summed E-state index contributed by atoms with van der Waals surface area (Å²) in [6.45, 7) is 4.08. The van der Waals surface area contributed by atoms with Gasteiger partial charge in [-0.1, -0.05) is 31.0 Å². The van der Waals surface area contributed by atoms with E-state index in [2.05, 4.69) is 15.7 Å². The van der Waals surface area contributed by atoms with E-state index in [1.165, 1.54) is 4.68 Å². The quantitative estimate of drug-likeness (QED) is 0.723. The largest absolute Gasteiger partial charge is 0.466 e. The van der Waals surface area contributed by atoms with Gasteiger partial charge in [0.25, 0.3) is 5.91 Å². The molecule has 28 heavy (non-hydrogen) atoms. The maximum Gasteiger partial charge on any atom is 0.342 e. The third-order valence-electron chi connectivity index (χ3n) is 5.26. The lowest BCUT2D eigenvalue weighted by Crippen LogP contribution is -2.36. The Morgan fingerprint density at radius 3 is 2.68 bits per heavy atom. The van der Waals surface area contributed by atoms with E-state index in [1.807, 2.05) is 38.1 Å². The lowest BCUT2D eigenvalue weighted by atomic mass is 10.2. The fourth-order valence-corrected chi connectivity index (χ4v) is 3.81. The summed E-state index contributed by atoms with van der Waals surface area (Å²) < 4.78 is 6.80. The molecular weight excluding hydrogens is 356 g/mol. The number of nitrogens with one attached hydrogen (secondary N) is 2. The Balaban J connectivity index is 1.57. The molecule has 0 radical (unpaired) electrons. The van der Waals surface area contributed by atoms with E-state index >= 15 is 0 Å². The zero-order valence-corrected chi connectivity index (χ0v) is 16.1. The first-order valence-corrected chi connectivity index (χ1v) is 9.65. The van der Waals surface area contributed by atoms with E-state index in [1.54, 1.807) is 6.07 Å². The van der Waals surface area contributed by atoms with Crippen LogP contribution < -0.4 is 10.6 Å². The maximum atomic E-state index is 12.8. The van der Waals surface area contributed by atoms with Crippen molar-refractivity contribution in [2.75, 3.05) is 0 Å². The Labute approximate surface area is 163 Å². The Hall–Kier alpha value is -3.09. The second-order valence-corrected chi connectivity index (χ2v) is 7.33. The van der Waals surface area contributed by atoms with E-state index in [9.17, 15) is 9.59 Å². The molecule has 1 fully saturated rings. The highest BCUT2D eigenvalue weighted by Gasteiger charge is 2.23. The summed E-state index contributed by atoms with van der Waals surface area (Å²) in [6.07, 6.45) is 4.24. The van der Waals surface area contributed by atoms with Crippen LogP contribution in [0.15, 0.2) is 34.7 Å². The average molecular weight is 380 g/mol. The molecule has 0 spiro atoms. The molecule has 1 aromatic carbocycles. The average Bonchev–Trinajstić information content (AvgIpc) is 3.38. The third kappa shape index (κ3) is 3.52. The number of carbonyl (C=O) groups excluding carboxylic acids is 2. The van der Waals surface area contributed by atoms with Crippen LogP contribution in [0.4, 0.5) is 4.79 Å². The number of hydrogen-bond acceptors (Lipinski definition) is 4. The molecule has 0 saturated heterocycles. The lowest BCUT2D eigenvalue weighted by molar-refractivity contribution is 0.0947. The highest BCUT2D eigenvalue weighted by atomic mass is 16.3. The number of amides is 2. The van der Waals surface area contributed by atoms with Crippen LogP contribution in [0, 0.1) is 13.8 Å². The van der Waals surface area contributed by atoms with Crippen LogP contribution in [0.3, 0.4) is 0 Å². The molecule has 1 aliphatic rings. The summed E-state index contributed by atoms with van der Waals surface area (Å²) in [5, 5.41) is 10.9. The van der Waals surface area contributed by atoms with Gasteiger partial charge < -0.3 is 15.1 Å². The Kier molecular flexibility index (Phi) is 4.90. The van der Waals surface area contributed by atoms with E-state index in [4.69, 9.17) is 4.42 Å². The minimum absolute atomic E-state index is 0.181. The molecule has 1 saturated carbocycles. The summed E-state index contributed by atoms with van der Waals surface area (Å²) in [5.74, 6) is 1.27. The smallest absolute Gasteiger partial charge is 0.342 e. The van der Waals surface area contributed by atoms with Gasteiger partial charge in [-0.05, 0) is 38.8 Å². The molecule has 146 valence electrons. The van der Waals surface area contributed by atoms with Crippen molar-refractivity contribution in [3.8, 4) is 0 Å². The van der Waals surface area contributed by atoms with Crippen LogP contribution in [-0.2, 0) is 6.54 Å². The molecule has 0 aliphatic heterocycles. The molecule has 7 heteroatoms. The van der Waals surface area contributed by atoms with E-state index < -0.39 is 0 Å². The highest BCUT2D eigenvalue weighted by molar-refractivity contribution is 6.06. The molecule has 3 aromatic rings. The van der Waals surface area contributed by atoms with Gasteiger partial charge in [-0.25, -0.2) is 4.79 Å². The SMILES string of the molecule is Cc1cc(CNC(=O)c2nn(C(=O)NC3CCCC3)c3ccccc23)c(C)o1. The summed E-state index contributed by atoms with van der Waals surface area (Å²) in [4.78, 5) is 25.5. The number of furan rings is 1. The van der Waals surface area contributed by atoms with Gasteiger partial charge >= 0.3 is 6.03 Å². The van der Waals surface area contributed by atoms with Crippen molar-refractivity contribution in [2.45, 2.75) is 52.1 Å². The van der Waals surface area contributed by atoms with Gasteiger partial charge in [-0.15, -0.1) is 0 Å². The van der Waals surface area contributed by atoms with Crippen LogP contribution in [0.1, 0.15) is 53.3 Å². The van der Waals surface area contributed by atoms with Crippen molar-refractivity contribution in [3.63, 3.8) is 0 Å². The predicted molar refractivity (Wildman–Crippen MR) is 105 cm³/mol. The molecule has 2 heterocycles. The maximum absolute atomic E-state index is 12.8. The molecule has 0 bridgehead atoms. The number of benzene rings is 1. The number of para-hydroxylation sites is 1. The molecule has 2 aromatic heterocycles. The van der Waals surface area contributed by atoms with Crippen LogP contribution in [-0.4, -0.2) is 27.8 Å². The zero-order chi connectivity index (χ0) is 19.7. The summed E-state index contributed by atoms with van der Waals surface area (Å²) in [6, 6.07) is 9.08. The van der Waals surface area contributed by atoms with E-state index in [0.717, 1.165) is 42.8 Å². The molecule has 0 unspecified atom stereocenters. The molecule has 1 aliphatic carbocycles. The Bertz CT molecular complexity index is 1030. The summed E-state index contributed by atoms with van der Waals surface area (Å²) in [5.41, 5.74) is 1.79. The second-order valence-electron chi connectivity index (χ2n) is 7.33. The van der Waals surface area contributed by atoms with Crippen molar-refractivity contribution in [2.24, 2.45) is 0 Å². The Morgan fingerprint density at radius 1 is 1.21 bits per heavy atom. The number of hydrogen-bond donors (Lipinski definition) is 2. The van der Waals surface area contributed by atoms with Gasteiger partial charge in [0.05, 0.1) is 5.52 Å². The molecule has 4 rings (SSSR count). The number of carbonyl (C=O) groups is 2. The van der Waals surface area contributed by atoms with Gasteiger partial charge in [0.15, 0.2) is 5.69 Å². The molecule has 2 N–H and O–H groups in total. The second kappa shape index (κ2) is 7.50. The minimum atomic E-state index is -0.318. The standard InChI is InChI=1S/C21H24N4O3/c1-13-11-15(14(2)28-13)12-22-20(26)19-17-9-5-6-10-18(17)25(24-19)21(27)23-16-7-3-4-8-16/h5-6,9-11,16H,3-4,7-8,12H2,1-2H3,(H,22,26)(H,23,27). The van der Waals surface area contributed by atoms with Gasteiger partial charge in [0.1, 0.15) is 11.5 Å². The first-order valence-electron chi connectivity index (χ1n) is 9.65. The van der Waals surface area contributed by atoms with Gasteiger partial charge in [0, 0.05) is 23.5 Å². The van der Waals surface area contributed by atoms with Crippen molar-refractivity contribution in [1.82, 2.24) is 20.4 Å². The third-order valence-corrected chi connectivity index (χ3v) is 5.26. The van der Waals surface area contributed by atoms with Gasteiger partial charge in [-0.3, -0.25) is 4.79 Å². The van der Waals surface area contributed by atoms with Crippen molar-refractivity contribution in [1.29, 1.82) is 0 Å². The van der Waals surface area contributed by atoms with Gasteiger partial charge in [0.2, 0.25) is 0 Å². The number of nitrogens with zero attached hydrogens (tertiary/aromatic N) is 2. The monoisotopic (exact) mass is 380 g/mol. The molecule has 0 atom stereocenters.